The average Bonchev–Trinajstić information content (AvgIpc) is 3.61. The number of carbonyl (C=O) groups excluding carboxylic acids is 5. The van der Waals surface area contributed by atoms with Crippen LogP contribution in [0.4, 0.5) is 17.1 Å². The van der Waals surface area contributed by atoms with E-state index in [1.54, 1.807) is 64.4 Å². The molecule has 1 saturated carbocycles. The van der Waals surface area contributed by atoms with Crippen molar-refractivity contribution in [1.82, 2.24) is 4.90 Å². The Morgan fingerprint density at radius 1 is 0.711 bits per heavy atom. The Kier molecular flexibility index (Phi) is 7.21. The first kappa shape index (κ1) is 28.2. The van der Waals surface area contributed by atoms with Crippen LogP contribution in [0.1, 0.15) is 55.9 Å². The van der Waals surface area contributed by atoms with Crippen LogP contribution in [0.25, 0.3) is 0 Å². The second-order valence-corrected chi connectivity index (χ2v) is 11.5. The minimum Gasteiger partial charge on any atom is -0.322 e. The maximum absolute atomic E-state index is 14.2. The van der Waals surface area contributed by atoms with Crippen molar-refractivity contribution in [2.45, 2.75) is 31.8 Å². The highest BCUT2D eigenvalue weighted by atomic mass is 16.2. The van der Waals surface area contributed by atoms with E-state index in [1.807, 2.05) is 48.5 Å². The van der Waals surface area contributed by atoms with Crippen LogP contribution in [0.2, 0.25) is 0 Å². The predicted octanol–water partition coefficient (Wildman–Crippen LogP) is 5.28. The van der Waals surface area contributed by atoms with Crippen LogP contribution >= 0.6 is 0 Å². The summed E-state index contributed by atoms with van der Waals surface area (Å²) in [7, 11) is 0. The minimum atomic E-state index is -0.494. The lowest BCUT2D eigenvalue weighted by Gasteiger charge is -2.31. The van der Waals surface area contributed by atoms with Crippen LogP contribution in [0.3, 0.4) is 0 Å². The molecule has 9 nitrogen and oxygen atoms in total. The lowest BCUT2D eigenvalue weighted by Crippen LogP contribution is -2.49. The molecule has 0 radical (unpaired) electrons. The van der Waals surface area contributed by atoms with Gasteiger partial charge in [0, 0.05) is 17.3 Å². The van der Waals surface area contributed by atoms with Gasteiger partial charge in [0.2, 0.25) is 11.8 Å². The smallest absolute Gasteiger partial charge is 0.262 e. The van der Waals surface area contributed by atoms with Gasteiger partial charge in [-0.3, -0.25) is 28.9 Å². The third kappa shape index (κ3) is 5.06. The SMILES string of the molecule is O=C(Nc1cccc(CN2C(=O)C3CCCC3N(C(=O)CN3C(=O)c4ccccc4C3=O)c3ccccc32)c1)c1ccccc1. The normalized spacial score (nSPS) is 18.8. The summed E-state index contributed by atoms with van der Waals surface area (Å²) in [5, 5.41) is 2.93. The molecular formula is C36H30N4O5. The van der Waals surface area contributed by atoms with Gasteiger partial charge in [-0.15, -0.1) is 0 Å². The van der Waals surface area contributed by atoms with E-state index < -0.39 is 36.2 Å². The lowest BCUT2D eigenvalue weighted by atomic mass is 10.0. The summed E-state index contributed by atoms with van der Waals surface area (Å²) >= 11 is 0. The van der Waals surface area contributed by atoms with E-state index in [0.717, 1.165) is 16.9 Å². The molecule has 5 amide bonds. The molecule has 2 unspecified atom stereocenters. The summed E-state index contributed by atoms with van der Waals surface area (Å²) < 4.78 is 0. The highest BCUT2D eigenvalue weighted by Crippen LogP contribution is 2.43. The van der Waals surface area contributed by atoms with Crippen molar-refractivity contribution in [3.05, 3.63) is 125 Å². The van der Waals surface area contributed by atoms with Gasteiger partial charge in [-0.2, -0.15) is 0 Å². The first-order valence-corrected chi connectivity index (χ1v) is 15.0. The molecule has 224 valence electrons. The molecule has 45 heavy (non-hydrogen) atoms. The Labute approximate surface area is 260 Å². The number of hydrogen-bond acceptors (Lipinski definition) is 5. The van der Waals surface area contributed by atoms with Gasteiger partial charge < -0.3 is 15.1 Å². The maximum Gasteiger partial charge on any atom is 0.262 e. The van der Waals surface area contributed by atoms with Gasteiger partial charge >= 0.3 is 0 Å². The summed E-state index contributed by atoms with van der Waals surface area (Å²) in [5.74, 6) is -2.15. The van der Waals surface area contributed by atoms with Crippen molar-refractivity contribution >= 4 is 46.6 Å². The van der Waals surface area contributed by atoms with E-state index in [4.69, 9.17) is 0 Å². The topological polar surface area (TPSA) is 107 Å². The average molecular weight is 599 g/mol. The molecule has 0 saturated heterocycles. The zero-order valence-corrected chi connectivity index (χ0v) is 24.4. The highest BCUT2D eigenvalue weighted by molar-refractivity contribution is 6.23. The molecule has 7 rings (SSSR count). The lowest BCUT2D eigenvalue weighted by molar-refractivity contribution is -0.123. The zero-order chi connectivity index (χ0) is 31.1. The van der Waals surface area contributed by atoms with Crippen molar-refractivity contribution in [3.63, 3.8) is 0 Å². The van der Waals surface area contributed by atoms with Crippen LogP contribution < -0.4 is 15.1 Å². The Hall–Kier alpha value is -5.57. The fourth-order valence-corrected chi connectivity index (χ4v) is 6.73. The van der Waals surface area contributed by atoms with E-state index in [2.05, 4.69) is 5.32 Å². The third-order valence-electron chi connectivity index (χ3n) is 8.83. The third-order valence-corrected chi connectivity index (χ3v) is 8.83. The molecule has 2 aliphatic heterocycles. The molecular weight excluding hydrogens is 568 g/mol. The Morgan fingerprint density at radius 2 is 1.38 bits per heavy atom. The summed E-state index contributed by atoms with van der Waals surface area (Å²) in [5.41, 5.74) is 3.67. The molecule has 3 aliphatic rings. The minimum absolute atomic E-state index is 0.0836. The first-order valence-electron chi connectivity index (χ1n) is 15.0. The number of amides is 5. The maximum atomic E-state index is 14.2. The zero-order valence-electron chi connectivity index (χ0n) is 24.4. The fourth-order valence-electron chi connectivity index (χ4n) is 6.73. The van der Waals surface area contributed by atoms with Crippen LogP contribution in [0.15, 0.2) is 103 Å². The van der Waals surface area contributed by atoms with E-state index in [0.29, 0.717) is 35.5 Å². The van der Waals surface area contributed by atoms with Crippen LogP contribution in [-0.2, 0) is 16.1 Å². The fraction of sp³-hybridized carbons (Fsp3) is 0.194. The van der Waals surface area contributed by atoms with Crippen molar-refractivity contribution in [3.8, 4) is 0 Å². The van der Waals surface area contributed by atoms with Gasteiger partial charge in [0.1, 0.15) is 6.54 Å². The number of anilines is 3. The molecule has 0 bridgehead atoms. The van der Waals surface area contributed by atoms with Gasteiger partial charge in [0.15, 0.2) is 0 Å². The number of imide groups is 1. The molecule has 1 fully saturated rings. The van der Waals surface area contributed by atoms with Gasteiger partial charge in [0.25, 0.3) is 17.7 Å². The van der Waals surface area contributed by atoms with Crippen molar-refractivity contribution in [2.75, 3.05) is 21.7 Å². The van der Waals surface area contributed by atoms with E-state index in [1.165, 1.54) is 0 Å². The van der Waals surface area contributed by atoms with Crippen molar-refractivity contribution in [2.24, 2.45) is 5.92 Å². The Morgan fingerprint density at radius 3 is 2.11 bits per heavy atom. The number of rotatable bonds is 6. The van der Waals surface area contributed by atoms with E-state index >= 15 is 0 Å². The molecule has 0 spiro atoms. The van der Waals surface area contributed by atoms with E-state index in [9.17, 15) is 24.0 Å². The second kappa shape index (κ2) is 11.5. The number of fused-ring (bicyclic) bond motifs is 3. The second-order valence-electron chi connectivity index (χ2n) is 11.5. The van der Waals surface area contributed by atoms with Crippen LogP contribution in [0, 0.1) is 5.92 Å². The molecule has 1 N–H and O–H groups in total. The standard InChI is InChI=1S/C36H30N4O5/c41-32(22-39-34(43)26-14-4-5-15-27(26)35(39)44)40-29-19-9-16-28(29)36(45)38(30-17-6-7-18-31(30)40)21-23-10-8-13-25(20-23)37-33(42)24-11-2-1-3-12-24/h1-8,10-15,17-18,20,28-29H,9,16,19,21-22H2,(H,37,42). The van der Waals surface area contributed by atoms with Crippen molar-refractivity contribution in [1.29, 1.82) is 0 Å². The molecule has 4 aromatic rings. The van der Waals surface area contributed by atoms with Gasteiger partial charge in [0.05, 0.1) is 35.0 Å². The van der Waals surface area contributed by atoms with Gasteiger partial charge in [-0.1, -0.05) is 61.0 Å². The highest BCUT2D eigenvalue weighted by Gasteiger charge is 2.47. The van der Waals surface area contributed by atoms with E-state index in [-0.39, 0.29) is 29.5 Å². The molecule has 2 atom stereocenters. The first-order chi connectivity index (χ1) is 21.9. The molecule has 0 aromatic heterocycles. The Bertz CT molecular complexity index is 1820. The number of carbonyl (C=O) groups is 5. The number of nitrogens with one attached hydrogen (secondary N) is 1. The largest absolute Gasteiger partial charge is 0.322 e. The van der Waals surface area contributed by atoms with Crippen LogP contribution in [-0.4, -0.2) is 47.0 Å². The van der Waals surface area contributed by atoms with Crippen molar-refractivity contribution < 1.29 is 24.0 Å². The molecule has 4 aromatic carbocycles. The summed E-state index contributed by atoms with van der Waals surface area (Å²) in [4.78, 5) is 71.6. The quantitative estimate of drug-likeness (QED) is 0.304. The molecule has 9 heteroatoms. The number of benzene rings is 4. The summed E-state index contributed by atoms with van der Waals surface area (Å²) in [6.45, 7) is -0.185. The predicted molar refractivity (Wildman–Crippen MR) is 169 cm³/mol. The number of hydrogen-bond donors (Lipinski definition) is 1. The monoisotopic (exact) mass is 598 g/mol. The van der Waals surface area contributed by atoms with Crippen LogP contribution in [0.5, 0.6) is 0 Å². The molecule has 1 aliphatic carbocycles. The number of para-hydroxylation sites is 2. The van der Waals surface area contributed by atoms with Gasteiger partial charge in [-0.05, 0) is 66.9 Å². The Balaban J connectivity index is 1.18. The number of nitrogens with zero attached hydrogens (tertiary/aromatic N) is 3. The summed E-state index contributed by atoms with van der Waals surface area (Å²) in [6.07, 6.45) is 2.03. The molecule has 2 heterocycles. The summed E-state index contributed by atoms with van der Waals surface area (Å²) in [6, 6.07) is 29.8. The van der Waals surface area contributed by atoms with Gasteiger partial charge in [-0.25, -0.2) is 0 Å².